The van der Waals surface area contributed by atoms with Crippen LogP contribution in [0.15, 0.2) is 11.6 Å². The zero-order valence-electron chi connectivity index (χ0n) is 18.3. The number of fused-ring (bicyclic) bond motifs is 5. The molecule has 0 unspecified atom stereocenters. The maximum atomic E-state index is 12.2. The molecule has 0 heterocycles. The van der Waals surface area contributed by atoms with Gasteiger partial charge in [0.1, 0.15) is 0 Å². The fourth-order valence-corrected chi connectivity index (χ4v) is 8.90. The first kappa shape index (κ1) is 22.1. The van der Waals surface area contributed by atoms with Gasteiger partial charge in [0.05, 0.1) is 5.60 Å². The molecule has 0 spiro atoms. The molecule has 3 saturated carbocycles. The standard InChI is InChI=1S/C24H34O5S/c1-14(25)30-19-13-15-12-16(26)4-8-22(15,2)17-5-9-23(3)18(21(17)19)6-10-24(23,29)11-7-20(27)28/h12,17-19,21,29H,4-11,13H2,1-3H3,(H,27,28)/t17-,18-,19+,21+,22-,23-,24-/m0/s1. The van der Waals surface area contributed by atoms with E-state index in [9.17, 15) is 24.6 Å². The van der Waals surface area contributed by atoms with Crippen LogP contribution < -0.4 is 0 Å². The second-order valence-electron chi connectivity index (χ2n) is 10.6. The van der Waals surface area contributed by atoms with Crippen LogP contribution in [0.1, 0.15) is 78.6 Å². The summed E-state index contributed by atoms with van der Waals surface area (Å²) in [5.74, 6) is 0.343. The van der Waals surface area contributed by atoms with Crippen molar-refractivity contribution < 1.29 is 24.6 Å². The van der Waals surface area contributed by atoms with Crippen molar-refractivity contribution in [3.63, 3.8) is 0 Å². The van der Waals surface area contributed by atoms with E-state index in [-0.39, 0.29) is 39.3 Å². The highest BCUT2D eigenvalue weighted by molar-refractivity contribution is 8.14. The molecule has 0 bridgehead atoms. The molecule has 0 aromatic carbocycles. The number of carbonyl (C=O) groups is 3. The molecule has 3 fully saturated rings. The second kappa shape index (κ2) is 7.47. The minimum Gasteiger partial charge on any atom is -0.481 e. The van der Waals surface area contributed by atoms with E-state index < -0.39 is 11.6 Å². The lowest BCUT2D eigenvalue weighted by Crippen LogP contribution is -2.58. The van der Waals surface area contributed by atoms with Gasteiger partial charge in [0.2, 0.25) is 0 Å². The number of rotatable bonds is 4. The lowest BCUT2D eigenvalue weighted by atomic mass is 9.46. The number of allylic oxidation sites excluding steroid dienone is 1. The summed E-state index contributed by atoms with van der Waals surface area (Å²) in [7, 11) is 0. The van der Waals surface area contributed by atoms with E-state index in [0.717, 1.165) is 32.1 Å². The summed E-state index contributed by atoms with van der Waals surface area (Å²) in [5, 5.41) is 21.0. The highest BCUT2D eigenvalue weighted by Gasteiger charge is 2.65. The Labute approximate surface area is 183 Å². The number of carboxylic acids is 1. The number of carbonyl (C=O) groups excluding carboxylic acids is 2. The maximum absolute atomic E-state index is 12.2. The molecular formula is C24H34O5S. The third kappa shape index (κ3) is 3.29. The molecule has 0 amide bonds. The summed E-state index contributed by atoms with van der Waals surface area (Å²) in [6.07, 6.45) is 7.76. The molecule has 0 radical (unpaired) electrons. The van der Waals surface area contributed by atoms with E-state index in [4.69, 9.17) is 0 Å². The lowest BCUT2D eigenvalue weighted by Gasteiger charge is -2.61. The molecule has 166 valence electrons. The summed E-state index contributed by atoms with van der Waals surface area (Å²) in [4.78, 5) is 35.5. The molecule has 0 aromatic heterocycles. The Balaban J connectivity index is 1.71. The van der Waals surface area contributed by atoms with Crippen LogP contribution in [-0.2, 0) is 14.4 Å². The highest BCUT2D eigenvalue weighted by atomic mass is 32.2. The number of aliphatic carboxylic acids is 1. The monoisotopic (exact) mass is 434 g/mol. The first-order valence-corrected chi connectivity index (χ1v) is 12.2. The predicted molar refractivity (Wildman–Crippen MR) is 116 cm³/mol. The molecule has 7 atom stereocenters. The fourth-order valence-electron chi connectivity index (χ4n) is 7.67. The molecule has 0 aliphatic heterocycles. The van der Waals surface area contributed by atoms with Crippen LogP contribution in [0.5, 0.6) is 0 Å². The average Bonchev–Trinajstić information content (AvgIpc) is 2.93. The highest BCUT2D eigenvalue weighted by Crippen LogP contribution is 2.69. The molecule has 0 saturated heterocycles. The third-order valence-electron chi connectivity index (χ3n) is 9.35. The van der Waals surface area contributed by atoms with Crippen molar-refractivity contribution in [2.75, 3.05) is 0 Å². The Hall–Kier alpha value is -1.14. The van der Waals surface area contributed by atoms with E-state index in [0.29, 0.717) is 31.1 Å². The van der Waals surface area contributed by atoms with Gasteiger partial charge < -0.3 is 10.2 Å². The Morgan fingerprint density at radius 1 is 1.17 bits per heavy atom. The topological polar surface area (TPSA) is 91.7 Å². The fraction of sp³-hybridized carbons (Fsp3) is 0.792. The number of aliphatic hydroxyl groups is 1. The largest absolute Gasteiger partial charge is 0.481 e. The third-order valence-corrected chi connectivity index (χ3v) is 10.5. The Bertz CT molecular complexity index is 805. The maximum Gasteiger partial charge on any atom is 0.303 e. The zero-order chi connectivity index (χ0) is 21.9. The predicted octanol–water partition coefficient (Wildman–Crippen LogP) is 4.37. The van der Waals surface area contributed by atoms with E-state index in [1.807, 2.05) is 6.08 Å². The molecule has 6 heteroatoms. The van der Waals surface area contributed by atoms with E-state index in [2.05, 4.69) is 13.8 Å². The van der Waals surface area contributed by atoms with Gasteiger partial charge in [0.25, 0.3) is 0 Å². The van der Waals surface area contributed by atoms with Gasteiger partial charge in [-0.1, -0.05) is 31.2 Å². The van der Waals surface area contributed by atoms with Crippen LogP contribution in [0, 0.1) is 28.6 Å². The van der Waals surface area contributed by atoms with Gasteiger partial charge in [-0.3, -0.25) is 14.4 Å². The van der Waals surface area contributed by atoms with Crippen LogP contribution >= 0.6 is 11.8 Å². The normalized spacial score (nSPS) is 45.2. The molecule has 4 aliphatic rings. The number of hydrogen-bond acceptors (Lipinski definition) is 5. The van der Waals surface area contributed by atoms with E-state index in [1.165, 1.54) is 17.3 Å². The Morgan fingerprint density at radius 3 is 2.53 bits per heavy atom. The van der Waals surface area contributed by atoms with Crippen molar-refractivity contribution in [2.24, 2.45) is 28.6 Å². The van der Waals surface area contributed by atoms with Gasteiger partial charge in [0.15, 0.2) is 10.9 Å². The van der Waals surface area contributed by atoms with Gasteiger partial charge in [-0.05, 0) is 79.6 Å². The van der Waals surface area contributed by atoms with Crippen LogP contribution in [0.2, 0.25) is 0 Å². The molecule has 5 nitrogen and oxygen atoms in total. The summed E-state index contributed by atoms with van der Waals surface area (Å²) < 4.78 is 0. The van der Waals surface area contributed by atoms with Crippen LogP contribution in [0.25, 0.3) is 0 Å². The average molecular weight is 435 g/mol. The molecule has 0 aromatic rings. The summed E-state index contributed by atoms with van der Waals surface area (Å²) >= 11 is 1.42. The summed E-state index contributed by atoms with van der Waals surface area (Å²) in [6.45, 7) is 6.09. The van der Waals surface area contributed by atoms with Gasteiger partial charge >= 0.3 is 5.97 Å². The van der Waals surface area contributed by atoms with Crippen molar-refractivity contribution in [1.82, 2.24) is 0 Å². The lowest BCUT2D eigenvalue weighted by molar-refractivity contribution is -0.146. The van der Waals surface area contributed by atoms with Crippen LogP contribution in [0.4, 0.5) is 0 Å². The van der Waals surface area contributed by atoms with Crippen molar-refractivity contribution in [2.45, 2.75) is 89.4 Å². The second-order valence-corrected chi connectivity index (χ2v) is 12.0. The minimum absolute atomic E-state index is 0.00444. The summed E-state index contributed by atoms with van der Waals surface area (Å²) in [6, 6.07) is 0. The van der Waals surface area contributed by atoms with Gasteiger partial charge in [-0.15, -0.1) is 0 Å². The quantitative estimate of drug-likeness (QED) is 0.683. The zero-order valence-corrected chi connectivity index (χ0v) is 19.1. The molecular weight excluding hydrogens is 400 g/mol. The number of hydrogen-bond donors (Lipinski definition) is 2. The van der Waals surface area contributed by atoms with Gasteiger partial charge in [-0.25, -0.2) is 0 Å². The van der Waals surface area contributed by atoms with Crippen molar-refractivity contribution in [3.8, 4) is 0 Å². The molecule has 2 N–H and O–H groups in total. The van der Waals surface area contributed by atoms with Crippen LogP contribution in [0.3, 0.4) is 0 Å². The van der Waals surface area contributed by atoms with Crippen molar-refractivity contribution in [3.05, 3.63) is 11.6 Å². The van der Waals surface area contributed by atoms with E-state index in [1.54, 1.807) is 6.92 Å². The number of ketones is 1. The number of thioether (sulfide) groups is 1. The Kier molecular flexibility index (Phi) is 5.50. The Morgan fingerprint density at radius 2 is 1.87 bits per heavy atom. The van der Waals surface area contributed by atoms with E-state index >= 15 is 0 Å². The summed E-state index contributed by atoms with van der Waals surface area (Å²) in [5.41, 5.74) is -0.0514. The van der Waals surface area contributed by atoms with Crippen molar-refractivity contribution >= 4 is 28.6 Å². The SMILES string of the molecule is CC(=O)S[C@@H]1CC2=CC(=O)CC[C@]2(C)[C@H]2CC[C@@]3(C)[C@@H](CC[C@]3(O)CCC(=O)O)[C@H]12. The van der Waals surface area contributed by atoms with Crippen molar-refractivity contribution in [1.29, 1.82) is 0 Å². The van der Waals surface area contributed by atoms with Gasteiger partial charge in [-0.2, -0.15) is 0 Å². The molecule has 4 aliphatic carbocycles. The first-order valence-electron chi connectivity index (χ1n) is 11.4. The smallest absolute Gasteiger partial charge is 0.303 e. The molecule has 30 heavy (non-hydrogen) atoms. The van der Waals surface area contributed by atoms with Crippen LogP contribution in [-0.4, -0.2) is 37.9 Å². The minimum atomic E-state index is -0.952. The number of carboxylic acid groups (broad SMARTS) is 1. The van der Waals surface area contributed by atoms with Gasteiger partial charge in [0, 0.05) is 25.0 Å². The molecule has 4 rings (SSSR count). The first-order chi connectivity index (χ1) is 14.0.